The second-order valence-electron chi connectivity index (χ2n) is 8.48. The molecular formula is C24H28Cl2N4O2. The maximum Gasteiger partial charge on any atom is 0.255 e. The summed E-state index contributed by atoms with van der Waals surface area (Å²) in [5, 5.41) is 3.96. The number of piperazine rings is 1. The second kappa shape index (κ2) is 10.6. The minimum Gasteiger partial charge on any atom is -0.349 e. The molecule has 1 aromatic heterocycles. The second-order valence-corrected chi connectivity index (χ2v) is 9.32. The van der Waals surface area contributed by atoms with Gasteiger partial charge in [0.25, 0.3) is 5.91 Å². The monoisotopic (exact) mass is 474 g/mol. The predicted molar refractivity (Wildman–Crippen MR) is 126 cm³/mol. The fourth-order valence-electron chi connectivity index (χ4n) is 4.77. The molecule has 1 aromatic carbocycles. The van der Waals surface area contributed by atoms with E-state index in [1.54, 1.807) is 24.4 Å². The average Bonchev–Trinajstić information content (AvgIpc) is 3.33. The van der Waals surface area contributed by atoms with Crippen molar-refractivity contribution in [3.8, 4) is 0 Å². The lowest BCUT2D eigenvalue weighted by Crippen LogP contribution is -2.57. The first-order valence-corrected chi connectivity index (χ1v) is 11.9. The molecule has 2 heterocycles. The first kappa shape index (κ1) is 23.0. The van der Waals surface area contributed by atoms with Gasteiger partial charge in [-0.3, -0.25) is 19.5 Å². The standard InChI is InChI=1S/C24H28Cl2N4O2/c25-18-8-9-20(21(26)15-18)24(32)30-13-11-29(12-14-30)22(17-5-1-2-6-17)23(31)28-16-19-7-3-4-10-27-19/h3-4,7-10,15,17,22H,1-2,5-6,11-14,16H2,(H,28,31)/t22-/m0/s1. The van der Waals surface area contributed by atoms with E-state index in [9.17, 15) is 9.59 Å². The highest BCUT2D eigenvalue weighted by Crippen LogP contribution is 2.31. The Bertz CT molecular complexity index is 942. The fourth-order valence-corrected chi connectivity index (χ4v) is 5.26. The van der Waals surface area contributed by atoms with Crippen molar-refractivity contribution in [2.75, 3.05) is 26.2 Å². The number of amides is 2. The highest BCUT2D eigenvalue weighted by Gasteiger charge is 2.37. The van der Waals surface area contributed by atoms with E-state index in [2.05, 4.69) is 15.2 Å². The Morgan fingerprint density at radius 2 is 1.81 bits per heavy atom. The number of aromatic nitrogens is 1. The van der Waals surface area contributed by atoms with Gasteiger partial charge in [-0.2, -0.15) is 0 Å². The number of halogens is 2. The molecule has 2 aliphatic rings. The lowest BCUT2D eigenvalue weighted by Gasteiger charge is -2.40. The first-order chi connectivity index (χ1) is 15.5. The summed E-state index contributed by atoms with van der Waals surface area (Å²) in [6.07, 6.45) is 6.21. The van der Waals surface area contributed by atoms with Gasteiger partial charge in [-0.05, 0) is 49.1 Å². The molecule has 6 nitrogen and oxygen atoms in total. The van der Waals surface area contributed by atoms with E-state index < -0.39 is 0 Å². The fraction of sp³-hybridized carbons (Fsp3) is 0.458. The van der Waals surface area contributed by atoms with Crippen LogP contribution in [-0.2, 0) is 11.3 Å². The van der Waals surface area contributed by atoms with Gasteiger partial charge in [-0.1, -0.05) is 42.1 Å². The van der Waals surface area contributed by atoms with Crippen LogP contribution in [0.25, 0.3) is 0 Å². The van der Waals surface area contributed by atoms with Gasteiger partial charge in [0.1, 0.15) is 0 Å². The lowest BCUT2D eigenvalue weighted by molar-refractivity contribution is -0.129. The maximum atomic E-state index is 13.2. The SMILES string of the molecule is O=C(NCc1ccccn1)[C@H](C1CCCC1)N1CCN(C(=O)c2ccc(Cl)cc2Cl)CC1. The molecule has 1 aliphatic carbocycles. The van der Waals surface area contributed by atoms with Crippen molar-refractivity contribution in [1.82, 2.24) is 20.1 Å². The van der Waals surface area contributed by atoms with Crippen molar-refractivity contribution in [1.29, 1.82) is 0 Å². The summed E-state index contributed by atoms with van der Waals surface area (Å²) in [5.74, 6) is 0.318. The van der Waals surface area contributed by atoms with Crippen LogP contribution in [0.4, 0.5) is 0 Å². The summed E-state index contributed by atoms with van der Waals surface area (Å²) in [6, 6.07) is 10.5. The third-order valence-corrected chi connectivity index (χ3v) is 6.99. The Hall–Kier alpha value is -2.15. The Morgan fingerprint density at radius 1 is 1.06 bits per heavy atom. The summed E-state index contributed by atoms with van der Waals surface area (Å²) >= 11 is 12.2. The minimum atomic E-state index is -0.169. The number of benzene rings is 1. The van der Waals surface area contributed by atoms with Crippen molar-refractivity contribution >= 4 is 35.0 Å². The van der Waals surface area contributed by atoms with Gasteiger partial charge in [0.2, 0.25) is 5.91 Å². The van der Waals surface area contributed by atoms with Gasteiger partial charge < -0.3 is 10.2 Å². The van der Waals surface area contributed by atoms with Crippen LogP contribution >= 0.6 is 23.2 Å². The highest BCUT2D eigenvalue weighted by atomic mass is 35.5. The Kier molecular flexibility index (Phi) is 7.66. The van der Waals surface area contributed by atoms with Gasteiger partial charge >= 0.3 is 0 Å². The molecule has 1 saturated heterocycles. The third kappa shape index (κ3) is 5.42. The molecule has 0 radical (unpaired) electrons. The molecule has 2 amide bonds. The van der Waals surface area contributed by atoms with Crippen LogP contribution in [0.5, 0.6) is 0 Å². The number of nitrogens with zero attached hydrogens (tertiary/aromatic N) is 3. The van der Waals surface area contributed by atoms with Gasteiger partial charge in [0.05, 0.1) is 28.9 Å². The molecule has 1 aliphatic heterocycles. The van der Waals surface area contributed by atoms with Crippen LogP contribution in [0, 0.1) is 5.92 Å². The van der Waals surface area contributed by atoms with Crippen molar-refractivity contribution < 1.29 is 9.59 Å². The van der Waals surface area contributed by atoms with E-state index in [4.69, 9.17) is 23.2 Å². The van der Waals surface area contributed by atoms with Crippen LogP contribution in [-0.4, -0.2) is 58.8 Å². The molecule has 1 atom stereocenters. The van der Waals surface area contributed by atoms with Crippen molar-refractivity contribution in [3.63, 3.8) is 0 Å². The van der Waals surface area contributed by atoms with Crippen molar-refractivity contribution in [2.45, 2.75) is 38.3 Å². The summed E-state index contributed by atoms with van der Waals surface area (Å²) in [4.78, 5) is 34.5. The van der Waals surface area contributed by atoms with Crippen LogP contribution in [0.2, 0.25) is 10.0 Å². The Balaban J connectivity index is 1.40. The zero-order valence-corrected chi connectivity index (χ0v) is 19.5. The molecule has 4 rings (SSSR count). The molecule has 0 spiro atoms. The van der Waals surface area contributed by atoms with Crippen LogP contribution in [0.3, 0.4) is 0 Å². The number of nitrogens with one attached hydrogen (secondary N) is 1. The van der Waals surface area contributed by atoms with E-state index in [1.165, 1.54) is 12.8 Å². The van der Waals surface area contributed by atoms with Gasteiger partial charge in [-0.15, -0.1) is 0 Å². The van der Waals surface area contributed by atoms with E-state index >= 15 is 0 Å². The molecule has 0 bridgehead atoms. The van der Waals surface area contributed by atoms with Crippen LogP contribution in [0.15, 0.2) is 42.6 Å². The van der Waals surface area contributed by atoms with E-state index in [1.807, 2.05) is 23.1 Å². The largest absolute Gasteiger partial charge is 0.349 e. The van der Waals surface area contributed by atoms with Gasteiger partial charge in [-0.25, -0.2) is 0 Å². The van der Waals surface area contributed by atoms with Crippen molar-refractivity contribution in [2.24, 2.45) is 5.92 Å². The molecule has 1 N–H and O–H groups in total. The number of carbonyl (C=O) groups excluding carboxylic acids is 2. The average molecular weight is 475 g/mol. The highest BCUT2D eigenvalue weighted by molar-refractivity contribution is 6.36. The Morgan fingerprint density at radius 3 is 2.47 bits per heavy atom. The molecule has 2 aromatic rings. The number of hydrogen-bond acceptors (Lipinski definition) is 4. The zero-order valence-electron chi connectivity index (χ0n) is 18.0. The Labute approximate surface area is 198 Å². The maximum absolute atomic E-state index is 13.2. The lowest BCUT2D eigenvalue weighted by atomic mass is 9.95. The molecule has 32 heavy (non-hydrogen) atoms. The zero-order chi connectivity index (χ0) is 22.5. The number of hydrogen-bond donors (Lipinski definition) is 1. The number of carbonyl (C=O) groups is 2. The summed E-state index contributed by atoms with van der Waals surface area (Å²) in [6.45, 7) is 2.88. The summed E-state index contributed by atoms with van der Waals surface area (Å²) in [7, 11) is 0. The third-order valence-electron chi connectivity index (χ3n) is 6.44. The smallest absolute Gasteiger partial charge is 0.255 e. The predicted octanol–water partition coefficient (Wildman–Crippen LogP) is 4.02. The molecule has 2 fully saturated rings. The molecule has 1 saturated carbocycles. The molecular weight excluding hydrogens is 447 g/mol. The van der Waals surface area contributed by atoms with Crippen LogP contribution in [0.1, 0.15) is 41.7 Å². The van der Waals surface area contributed by atoms with Gasteiger partial charge in [0.15, 0.2) is 0 Å². The minimum absolute atomic E-state index is 0.0584. The summed E-state index contributed by atoms with van der Waals surface area (Å²) in [5.41, 5.74) is 1.31. The van der Waals surface area contributed by atoms with E-state index in [0.717, 1.165) is 18.5 Å². The normalized spacial score (nSPS) is 18.5. The molecule has 170 valence electrons. The molecule has 0 unspecified atom stereocenters. The number of pyridine rings is 1. The van der Waals surface area contributed by atoms with Crippen molar-refractivity contribution in [3.05, 3.63) is 63.9 Å². The van der Waals surface area contributed by atoms with Gasteiger partial charge in [0, 0.05) is 37.4 Å². The number of rotatable bonds is 6. The van der Waals surface area contributed by atoms with Crippen LogP contribution < -0.4 is 5.32 Å². The van der Waals surface area contributed by atoms with E-state index in [0.29, 0.717) is 54.3 Å². The summed E-state index contributed by atoms with van der Waals surface area (Å²) < 4.78 is 0. The molecule has 8 heteroatoms. The quantitative estimate of drug-likeness (QED) is 0.686. The van der Waals surface area contributed by atoms with E-state index in [-0.39, 0.29) is 17.9 Å². The topological polar surface area (TPSA) is 65.5 Å². The first-order valence-electron chi connectivity index (χ1n) is 11.2.